The number of benzene rings is 3. The van der Waals surface area contributed by atoms with E-state index in [-0.39, 0.29) is 11.6 Å². The standard InChI is InChI=1S/C28H20Br2N2O2S/c1-34-26-21(29)13-16(14-22(26)30)15-23-27(33)32-25(18-8-3-2-4-9-18)20-12-11-17-7-5-6-10-19(17)24(20)31-28(32)35-23/h2-10,13-15,25H,11-12H2,1H3/b23-15-/t25-/m1/s1. The number of hydrogen-bond donors (Lipinski definition) is 0. The third kappa shape index (κ3) is 3.86. The van der Waals surface area contributed by atoms with Crippen molar-refractivity contribution in [2.45, 2.75) is 18.9 Å². The highest BCUT2D eigenvalue weighted by Crippen LogP contribution is 2.41. The summed E-state index contributed by atoms with van der Waals surface area (Å²) in [7, 11) is 1.63. The molecule has 0 bridgehead atoms. The molecule has 1 aliphatic carbocycles. The second-order valence-corrected chi connectivity index (χ2v) is 11.3. The van der Waals surface area contributed by atoms with Crippen LogP contribution in [0.3, 0.4) is 0 Å². The van der Waals surface area contributed by atoms with Crippen LogP contribution in [0.2, 0.25) is 0 Å². The fraction of sp³-hybridized carbons (Fsp3) is 0.143. The molecule has 1 aromatic heterocycles. The van der Waals surface area contributed by atoms with E-state index in [1.165, 1.54) is 28.0 Å². The Bertz CT molecular complexity index is 1660. The molecular formula is C28H20Br2N2O2S. The average Bonchev–Trinajstić information content (AvgIpc) is 3.17. The van der Waals surface area contributed by atoms with Gasteiger partial charge in [0.1, 0.15) is 5.75 Å². The monoisotopic (exact) mass is 606 g/mol. The largest absolute Gasteiger partial charge is 0.494 e. The van der Waals surface area contributed by atoms with Crippen LogP contribution < -0.4 is 19.6 Å². The Hall–Kier alpha value is -2.74. The summed E-state index contributed by atoms with van der Waals surface area (Å²) in [4.78, 5) is 19.6. The van der Waals surface area contributed by atoms with Gasteiger partial charge in [0.15, 0.2) is 4.80 Å². The fourth-order valence-corrected chi connectivity index (χ4v) is 7.51. The lowest BCUT2D eigenvalue weighted by atomic mass is 9.83. The number of halogens is 2. The van der Waals surface area contributed by atoms with E-state index in [1.54, 1.807) is 7.11 Å². The van der Waals surface area contributed by atoms with E-state index in [9.17, 15) is 4.79 Å². The number of thiazole rings is 1. The summed E-state index contributed by atoms with van der Waals surface area (Å²) in [5.74, 6) is 0.721. The second-order valence-electron chi connectivity index (χ2n) is 8.54. The van der Waals surface area contributed by atoms with Gasteiger partial charge < -0.3 is 4.74 Å². The van der Waals surface area contributed by atoms with Crippen LogP contribution in [0, 0.1) is 0 Å². The molecule has 174 valence electrons. The molecule has 1 aliphatic heterocycles. The number of aromatic nitrogens is 1. The van der Waals surface area contributed by atoms with Gasteiger partial charge in [-0.3, -0.25) is 9.36 Å². The lowest BCUT2D eigenvalue weighted by molar-refractivity contribution is 0.409. The van der Waals surface area contributed by atoms with Crippen molar-refractivity contribution in [3.8, 4) is 5.75 Å². The zero-order chi connectivity index (χ0) is 24.1. The first-order chi connectivity index (χ1) is 17.0. The molecular weight excluding hydrogens is 588 g/mol. The van der Waals surface area contributed by atoms with Gasteiger partial charge in [-0.05, 0) is 85.2 Å². The molecule has 2 heterocycles. The zero-order valence-corrected chi connectivity index (χ0v) is 22.8. The Morgan fingerprint density at radius 1 is 1.03 bits per heavy atom. The normalized spacial score (nSPS) is 16.9. The minimum absolute atomic E-state index is 0.0175. The second kappa shape index (κ2) is 9.04. The predicted octanol–water partition coefficient (Wildman–Crippen LogP) is 5.85. The molecule has 0 saturated carbocycles. The van der Waals surface area contributed by atoms with E-state index in [0.717, 1.165) is 49.2 Å². The highest BCUT2D eigenvalue weighted by molar-refractivity contribution is 9.11. The predicted molar refractivity (Wildman–Crippen MR) is 148 cm³/mol. The third-order valence-electron chi connectivity index (χ3n) is 6.51. The number of hydrogen-bond acceptors (Lipinski definition) is 4. The van der Waals surface area contributed by atoms with Crippen molar-refractivity contribution in [2.24, 2.45) is 4.99 Å². The highest BCUT2D eigenvalue weighted by atomic mass is 79.9. The summed E-state index contributed by atoms with van der Waals surface area (Å²) >= 11 is 8.57. The number of nitrogens with zero attached hydrogens (tertiary/aromatic N) is 2. The zero-order valence-electron chi connectivity index (χ0n) is 18.8. The van der Waals surface area contributed by atoms with Gasteiger partial charge in [0.25, 0.3) is 5.56 Å². The summed E-state index contributed by atoms with van der Waals surface area (Å²) < 4.78 is 9.60. The van der Waals surface area contributed by atoms with Gasteiger partial charge in [0.05, 0.1) is 32.3 Å². The summed E-state index contributed by atoms with van der Waals surface area (Å²) in [6, 6.07) is 22.5. The molecule has 3 aromatic carbocycles. The maximum atomic E-state index is 13.8. The van der Waals surface area contributed by atoms with Crippen LogP contribution in [0.15, 0.2) is 91.0 Å². The Labute approximate surface area is 223 Å². The van der Waals surface area contributed by atoms with Gasteiger partial charge in [-0.25, -0.2) is 4.99 Å². The highest BCUT2D eigenvalue weighted by Gasteiger charge is 2.32. The molecule has 0 spiro atoms. The summed E-state index contributed by atoms with van der Waals surface area (Å²) in [6.45, 7) is 0. The Kier molecular flexibility index (Phi) is 5.87. The number of methoxy groups -OCH3 is 1. The Balaban J connectivity index is 1.60. The van der Waals surface area contributed by atoms with Gasteiger partial charge in [0.2, 0.25) is 0 Å². The van der Waals surface area contributed by atoms with Gasteiger partial charge in [-0.2, -0.15) is 0 Å². The van der Waals surface area contributed by atoms with Crippen LogP contribution in [0.5, 0.6) is 5.75 Å². The van der Waals surface area contributed by atoms with Crippen molar-refractivity contribution in [1.29, 1.82) is 0 Å². The van der Waals surface area contributed by atoms with Crippen LogP contribution in [-0.4, -0.2) is 11.7 Å². The molecule has 0 unspecified atom stereocenters. The first-order valence-corrected chi connectivity index (χ1v) is 13.7. The van der Waals surface area contributed by atoms with Crippen molar-refractivity contribution in [1.82, 2.24) is 4.57 Å². The molecule has 1 atom stereocenters. The molecule has 35 heavy (non-hydrogen) atoms. The van der Waals surface area contributed by atoms with Gasteiger partial charge in [-0.1, -0.05) is 65.9 Å². The topological polar surface area (TPSA) is 43.6 Å². The van der Waals surface area contributed by atoms with Crippen LogP contribution in [0.1, 0.15) is 34.7 Å². The molecule has 2 aliphatic rings. The van der Waals surface area contributed by atoms with E-state index >= 15 is 0 Å². The van der Waals surface area contributed by atoms with E-state index in [1.807, 2.05) is 41.0 Å². The molecule has 4 aromatic rings. The summed E-state index contributed by atoms with van der Waals surface area (Å²) in [5.41, 5.74) is 6.71. The molecule has 0 saturated heterocycles. The van der Waals surface area contributed by atoms with E-state index < -0.39 is 0 Å². The van der Waals surface area contributed by atoms with Crippen molar-refractivity contribution >= 4 is 55.0 Å². The van der Waals surface area contributed by atoms with E-state index in [0.29, 0.717) is 4.53 Å². The molecule has 0 amide bonds. The van der Waals surface area contributed by atoms with Crippen LogP contribution in [-0.2, 0) is 6.42 Å². The van der Waals surface area contributed by atoms with Crippen molar-refractivity contribution in [2.75, 3.05) is 7.11 Å². The number of aryl methyl sites for hydroxylation is 1. The smallest absolute Gasteiger partial charge is 0.271 e. The maximum absolute atomic E-state index is 13.8. The van der Waals surface area contributed by atoms with E-state index in [4.69, 9.17) is 9.73 Å². The SMILES string of the molecule is COc1c(Br)cc(/C=c2\sc3n(c2=O)[C@H](c2ccccc2)C2=C(N=3)c3ccccc3CC2)cc1Br. The van der Waals surface area contributed by atoms with Gasteiger partial charge >= 0.3 is 0 Å². The van der Waals surface area contributed by atoms with Crippen LogP contribution >= 0.6 is 43.2 Å². The molecule has 0 fully saturated rings. The maximum Gasteiger partial charge on any atom is 0.271 e. The molecule has 4 nitrogen and oxygen atoms in total. The minimum atomic E-state index is -0.160. The van der Waals surface area contributed by atoms with Crippen LogP contribution in [0.4, 0.5) is 0 Å². The van der Waals surface area contributed by atoms with E-state index in [2.05, 4.69) is 68.3 Å². The van der Waals surface area contributed by atoms with Crippen molar-refractivity contribution < 1.29 is 4.74 Å². The molecule has 0 radical (unpaired) electrons. The number of rotatable bonds is 3. The lowest BCUT2D eigenvalue weighted by Gasteiger charge is -2.30. The van der Waals surface area contributed by atoms with Gasteiger partial charge in [0, 0.05) is 5.56 Å². The molecule has 7 heteroatoms. The quantitative estimate of drug-likeness (QED) is 0.293. The fourth-order valence-electron chi connectivity index (χ4n) is 4.97. The van der Waals surface area contributed by atoms with Crippen molar-refractivity contribution in [3.63, 3.8) is 0 Å². The Morgan fingerprint density at radius 3 is 2.49 bits per heavy atom. The third-order valence-corrected chi connectivity index (χ3v) is 8.67. The summed E-state index contributed by atoms with van der Waals surface area (Å²) in [5, 5.41) is 0. The average molecular weight is 608 g/mol. The van der Waals surface area contributed by atoms with Crippen LogP contribution in [0.25, 0.3) is 11.8 Å². The molecule has 0 N–H and O–H groups in total. The number of ether oxygens (including phenoxy) is 1. The number of allylic oxidation sites excluding steroid dienone is 1. The first-order valence-electron chi connectivity index (χ1n) is 11.3. The Morgan fingerprint density at radius 2 is 1.74 bits per heavy atom. The first kappa shape index (κ1) is 22.7. The van der Waals surface area contributed by atoms with Crippen molar-refractivity contribution in [3.05, 3.63) is 123 Å². The molecule has 6 rings (SSSR count). The van der Waals surface area contributed by atoms with Gasteiger partial charge in [-0.15, -0.1) is 0 Å². The minimum Gasteiger partial charge on any atom is -0.494 e. The number of fused-ring (bicyclic) bond motifs is 3. The summed E-state index contributed by atoms with van der Waals surface area (Å²) in [6.07, 6.45) is 3.77. The lowest BCUT2D eigenvalue weighted by Crippen LogP contribution is -2.38.